The number of ether oxygens (including phenoxy) is 1. The highest BCUT2D eigenvalue weighted by Crippen LogP contribution is 2.22. The number of aliphatic hydroxyl groups excluding tert-OH is 1. The third kappa shape index (κ3) is 5.19. The first-order valence-electron chi connectivity index (χ1n) is 9.26. The van der Waals surface area contributed by atoms with E-state index in [0.717, 1.165) is 31.7 Å². The molecule has 1 aliphatic heterocycles. The molecule has 1 aliphatic rings. The smallest absolute Gasteiger partial charge is 0.131 e. The second-order valence-corrected chi connectivity index (χ2v) is 7.00. The topological polar surface area (TPSA) is 56.2 Å². The largest absolute Gasteiger partial charge is 0.508 e. The lowest BCUT2D eigenvalue weighted by molar-refractivity contribution is 0.0492. The third-order valence-electron chi connectivity index (χ3n) is 5.10. The number of halogens is 1. The number of phenolic OH excluding ortho intramolecular Hbond substituents is 1. The van der Waals surface area contributed by atoms with E-state index in [-0.39, 0.29) is 24.2 Å². The molecule has 1 heterocycles. The SMILES string of the molecule is COc1ccc(CN2CCN(Cc3cccc(O)c3)C[C@@H]2CCO)c(F)c1. The van der Waals surface area contributed by atoms with Crippen LogP contribution in [0.1, 0.15) is 17.5 Å². The van der Waals surface area contributed by atoms with Gasteiger partial charge in [-0.3, -0.25) is 9.80 Å². The number of rotatable bonds is 7. The third-order valence-corrected chi connectivity index (χ3v) is 5.10. The first-order valence-corrected chi connectivity index (χ1v) is 9.26. The number of hydrogen-bond acceptors (Lipinski definition) is 5. The van der Waals surface area contributed by atoms with E-state index in [4.69, 9.17) is 4.74 Å². The molecule has 5 nitrogen and oxygen atoms in total. The van der Waals surface area contributed by atoms with Gasteiger partial charge < -0.3 is 14.9 Å². The zero-order valence-electron chi connectivity index (χ0n) is 15.6. The van der Waals surface area contributed by atoms with E-state index in [0.29, 0.717) is 24.3 Å². The van der Waals surface area contributed by atoms with Crippen LogP contribution in [0.5, 0.6) is 11.5 Å². The fourth-order valence-corrected chi connectivity index (χ4v) is 3.65. The Morgan fingerprint density at radius 3 is 2.70 bits per heavy atom. The summed E-state index contributed by atoms with van der Waals surface area (Å²) in [5.41, 5.74) is 1.70. The molecule has 3 rings (SSSR count). The van der Waals surface area contributed by atoms with Crippen molar-refractivity contribution in [3.8, 4) is 11.5 Å². The minimum absolute atomic E-state index is 0.103. The highest BCUT2D eigenvalue weighted by atomic mass is 19.1. The van der Waals surface area contributed by atoms with Crippen molar-refractivity contribution in [2.24, 2.45) is 0 Å². The van der Waals surface area contributed by atoms with Gasteiger partial charge >= 0.3 is 0 Å². The highest BCUT2D eigenvalue weighted by Gasteiger charge is 2.27. The number of phenols is 1. The van der Waals surface area contributed by atoms with Gasteiger partial charge in [0.2, 0.25) is 0 Å². The summed E-state index contributed by atoms with van der Waals surface area (Å²) in [6.45, 7) is 3.83. The van der Waals surface area contributed by atoms with Crippen LogP contribution >= 0.6 is 0 Å². The van der Waals surface area contributed by atoms with Gasteiger partial charge in [0.05, 0.1) is 7.11 Å². The first kappa shape index (κ1) is 19.6. The first-order chi connectivity index (χ1) is 13.1. The van der Waals surface area contributed by atoms with Crippen LogP contribution in [0.25, 0.3) is 0 Å². The lowest BCUT2D eigenvalue weighted by Crippen LogP contribution is -2.52. The van der Waals surface area contributed by atoms with E-state index in [9.17, 15) is 14.6 Å². The normalized spacial score (nSPS) is 18.6. The molecule has 146 valence electrons. The molecule has 1 fully saturated rings. The fourth-order valence-electron chi connectivity index (χ4n) is 3.65. The van der Waals surface area contributed by atoms with Crippen LogP contribution < -0.4 is 4.74 Å². The number of aliphatic hydroxyl groups is 1. The molecule has 27 heavy (non-hydrogen) atoms. The van der Waals surface area contributed by atoms with Gasteiger partial charge in [-0.25, -0.2) is 4.39 Å². The van der Waals surface area contributed by atoms with Crippen molar-refractivity contribution in [1.29, 1.82) is 0 Å². The van der Waals surface area contributed by atoms with E-state index in [1.807, 2.05) is 12.1 Å². The molecular formula is C21H27FN2O3. The molecule has 0 spiro atoms. The van der Waals surface area contributed by atoms with E-state index >= 15 is 0 Å². The van der Waals surface area contributed by atoms with Crippen molar-refractivity contribution < 1.29 is 19.3 Å². The van der Waals surface area contributed by atoms with Crippen molar-refractivity contribution in [2.45, 2.75) is 25.6 Å². The second kappa shape index (κ2) is 9.17. The average Bonchev–Trinajstić information content (AvgIpc) is 2.65. The molecule has 0 radical (unpaired) electrons. The molecule has 6 heteroatoms. The monoisotopic (exact) mass is 374 g/mol. The van der Waals surface area contributed by atoms with Crippen LogP contribution in [0.15, 0.2) is 42.5 Å². The summed E-state index contributed by atoms with van der Waals surface area (Å²) in [4.78, 5) is 4.55. The lowest BCUT2D eigenvalue weighted by Gasteiger charge is -2.41. The van der Waals surface area contributed by atoms with Gasteiger partial charge in [-0.2, -0.15) is 0 Å². The standard InChI is InChI=1S/C21H27FN2O3/c1-27-20-6-5-17(21(22)12-20)14-24-9-8-23(15-18(24)7-10-25)13-16-3-2-4-19(26)11-16/h2-6,11-12,18,25-26H,7-10,13-15H2,1H3/t18-/m0/s1. The van der Waals surface area contributed by atoms with E-state index in [2.05, 4.69) is 9.80 Å². The maximum absolute atomic E-state index is 14.3. The Balaban J connectivity index is 1.65. The van der Waals surface area contributed by atoms with Crippen LogP contribution in [0.4, 0.5) is 4.39 Å². The minimum Gasteiger partial charge on any atom is -0.508 e. The van der Waals surface area contributed by atoms with Crippen LogP contribution in [0, 0.1) is 5.82 Å². The Kier molecular flexibility index (Phi) is 6.66. The molecule has 0 aromatic heterocycles. The van der Waals surface area contributed by atoms with Crippen molar-refractivity contribution in [1.82, 2.24) is 9.80 Å². The maximum atomic E-state index is 14.3. The Morgan fingerprint density at radius 1 is 1.15 bits per heavy atom. The quantitative estimate of drug-likeness (QED) is 0.780. The van der Waals surface area contributed by atoms with Crippen LogP contribution in [-0.2, 0) is 13.1 Å². The van der Waals surface area contributed by atoms with Crippen molar-refractivity contribution in [3.05, 3.63) is 59.4 Å². The maximum Gasteiger partial charge on any atom is 0.131 e. The average molecular weight is 374 g/mol. The molecule has 0 aliphatic carbocycles. The van der Waals surface area contributed by atoms with Crippen LogP contribution in [0.2, 0.25) is 0 Å². The second-order valence-electron chi connectivity index (χ2n) is 7.00. The summed E-state index contributed by atoms with van der Waals surface area (Å²) in [6.07, 6.45) is 0.647. The zero-order valence-corrected chi connectivity index (χ0v) is 15.6. The molecule has 0 unspecified atom stereocenters. The number of benzene rings is 2. The Bertz CT molecular complexity index is 756. The van der Waals surface area contributed by atoms with Gasteiger partial charge in [0.15, 0.2) is 0 Å². The van der Waals surface area contributed by atoms with Gasteiger partial charge in [-0.15, -0.1) is 0 Å². The van der Waals surface area contributed by atoms with E-state index < -0.39 is 0 Å². The highest BCUT2D eigenvalue weighted by molar-refractivity contribution is 5.29. The molecule has 2 aromatic carbocycles. The number of hydrogen-bond donors (Lipinski definition) is 2. The van der Waals surface area contributed by atoms with Crippen molar-refractivity contribution in [2.75, 3.05) is 33.4 Å². The van der Waals surface area contributed by atoms with Gasteiger partial charge in [-0.1, -0.05) is 18.2 Å². The lowest BCUT2D eigenvalue weighted by atomic mass is 10.1. The zero-order chi connectivity index (χ0) is 19.2. The predicted octanol–water partition coefficient (Wildman–Crippen LogP) is 2.61. The van der Waals surface area contributed by atoms with Gasteiger partial charge in [0.1, 0.15) is 17.3 Å². The van der Waals surface area contributed by atoms with Crippen molar-refractivity contribution in [3.63, 3.8) is 0 Å². The number of piperazine rings is 1. The molecule has 0 saturated carbocycles. The molecule has 0 amide bonds. The molecule has 2 N–H and O–H groups in total. The van der Waals surface area contributed by atoms with Gasteiger partial charge in [-0.05, 0) is 30.2 Å². The van der Waals surface area contributed by atoms with Crippen LogP contribution in [0.3, 0.4) is 0 Å². The summed E-state index contributed by atoms with van der Waals surface area (Å²) < 4.78 is 19.4. The van der Waals surface area contributed by atoms with Crippen molar-refractivity contribution >= 4 is 0 Å². The summed E-state index contributed by atoms with van der Waals surface area (Å²) >= 11 is 0. The molecule has 2 aromatic rings. The summed E-state index contributed by atoms with van der Waals surface area (Å²) in [5, 5.41) is 19.1. The summed E-state index contributed by atoms with van der Waals surface area (Å²) in [6, 6.07) is 12.4. The van der Waals surface area contributed by atoms with E-state index in [1.165, 1.54) is 13.2 Å². The van der Waals surface area contributed by atoms with Crippen LogP contribution in [-0.4, -0.2) is 59.4 Å². The number of nitrogens with zero attached hydrogens (tertiary/aromatic N) is 2. The molecular weight excluding hydrogens is 347 g/mol. The summed E-state index contributed by atoms with van der Waals surface area (Å²) in [7, 11) is 1.53. The molecule has 1 atom stereocenters. The minimum atomic E-state index is -0.265. The number of aromatic hydroxyl groups is 1. The Hall–Kier alpha value is -2.15. The van der Waals surface area contributed by atoms with Gasteiger partial charge in [0, 0.05) is 57.0 Å². The molecule has 0 bridgehead atoms. The molecule has 1 saturated heterocycles. The fraction of sp³-hybridized carbons (Fsp3) is 0.429. The van der Waals surface area contributed by atoms with Gasteiger partial charge in [0.25, 0.3) is 0 Å². The predicted molar refractivity (Wildman–Crippen MR) is 102 cm³/mol. The number of methoxy groups -OCH3 is 1. The Labute approximate surface area is 159 Å². The Morgan fingerprint density at radius 2 is 2.00 bits per heavy atom. The van der Waals surface area contributed by atoms with E-state index in [1.54, 1.807) is 24.3 Å². The summed E-state index contributed by atoms with van der Waals surface area (Å²) in [5.74, 6) is 0.520.